The minimum absolute atomic E-state index is 0.136. The molecule has 0 bridgehead atoms. The van der Waals surface area contributed by atoms with Gasteiger partial charge in [0.25, 0.3) is 5.91 Å². The second kappa shape index (κ2) is 8.11. The molecule has 0 spiro atoms. The third kappa shape index (κ3) is 3.86. The highest BCUT2D eigenvalue weighted by Gasteiger charge is 2.22. The number of nitrogens with one attached hydrogen (secondary N) is 1. The third-order valence-corrected chi connectivity index (χ3v) is 6.16. The van der Waals surface area contributed by atoms with Gasteiger partial charge in [-0.25, -0.2) is 13.9 Å². The Hall–Kier alpha value is -2.47. The lowest BCUT2D eigenvalue weighted by Crippen LogP contribution is -2.36. The van der Waals surface area contributed by atoms with Crippen molar-refractivity contribution in [3.8, 4) is 0 Å². The Labute approximate surface area is 174 Å². The molecule has 1 amide bonds. The van der Waals surface area contributed by atoms with Crippen molar-refractivity contribution in [2.45, 2.75) is 58.4 Å². The van der Waals surface area contributed by atoms with Crippen LogP contribution in [0.1, 0.15) is 65.0 Å². The van der Waals surface area contributed by atoms with E-state index >= 15 is 0 Å². The molecule has 0 unspecified atom stereocenters. The number of fused-ring (bicyclic) bond motifs is 1. The van der Waals surface area contributed by atoms with E-state index in [1.807, 2.05) is 13.8 Å². The second-order valence-electron chi connectivity index (χ2n) is 7.74. The predicted octanol–water partition coefficient (Wildman–Crippen LogP) is 4.79. The van der Waals surface area contributed by atoms with Crippen molar-refractivity contribution < 1.29 is 9.18 Å². The van der Waals surface area contributed by atoms with Crippen LogP contribution in [0.2, 0.25) is 5.02 Å². The van der Waals surface area contributed by atoms with Crippen molar-refractivity contribution in [2.75, 3.05) is 0 Å². The lowest BCUT2D eigenvalue weighted by molar-refractivity contribution is 0.0929. The van der Waals surface area contributed by atoms with Gasteiger partial charge in [0.2, 0.25) is 0 Å². The molecule has 0 aliphatic heterocycles. The summed E-state index contributed by atoms with van der Waals surface area (Å²) in [5.41, 5.74) is 3.84. The summed E-state index contributed by atoms with van der Waals surface area (Å²) in [5.74, 6) is -0.479. The molecule has 7 heteroatoms. The van der Waals surface area contributed by atoms with E-state index in [2.05, 4.69) is 15.4 Å². The molecule has 2 aromatic heterocycles. The molecule has 29 heavy (non-hydrogen) atoms. The summed E-state index contributed by atoms with van der Waals surface area (Å²) in [6.07, 6.45) is 7.45. The first kappa shape index (κ1) is 19.8. The van der Waals surface area contributed by atoms with Gasteiger partial charge in [0.15, 0.2) is 5.65 Å². The zero-order valence-electron chi connectivity index (χ0n) is 16.6. The van der Waals surface area contributed by atoms with Crippen molar-refractivity contribution >= 4 is 23.2 Å². The molecule has 1 N–H and O–H groups in total. The molecular weight excluding hydrogens is 391 g/mol. The highest BCUT2D eigenvalue weighted by atomic mass is 35.5. The summed E-state index contributed by atoms with van der Waals surface area (Å²) < 4.78 is 15.9. The van der Waals surface area contributed by atoms with Gasteiger partial charge in [-0.15, -0.1) is 0 Å². The standard InChI is InChI=1S/C22H24ClFN4O/c1-13-16(11-17-19(23)9-6-10-20(17)24)14(2)28-21(26-13)18(12-25-28)22(29)27-15-7-4-3-5-8-15/h6,9-10,12,15H,3-5,7-8,11H2,1-2H3,(H,27,29). The Bertz CT molecular complexity index is 1050. The molecule has 1 fully saturated rings. The van der Waals surface area contributed by atoms with Gasteiger partial charge in [-0.3, -0.25) is 4.79 Å². The smallest absolute Gasteiger partial charge is 0.256 e. The molecule has 5 nitrogen and oxygen atoms in total. The summed E-state index contributed by atoms with van der Waals surface area (Å²) in [7, 11) is 0. The predicted molar refractivity (Wildman–Crippen MR) is 111 cm³/mol. The molecule has 3 aromatic rings. The average Bonchev–Trinajstić information content (AvgIpc) is 3.12. The van der Waals surface area contributed by atoms with Crippen molar-refractivity contribution in [1.82, 2.24) is 19.9 Å². The van der Waals surface area contributed by atoms with E-state index in [-0.39, 0.29) is 17.8 Å². The summed E-state index contributed by atoms with van der Waals surface area (Å²) in [4.78, 5) is 17.4. The van der Waals surface area contributed by atoms with Gasteiger partial charge in [-0.1, -0.05) is 36.9 Å². The molecule has 1 aromatic carbocycles. The highest BCUT2D eigenvalue weighted by molar-refractivity contribution is 6.31. The molecule has 4 rings (SSSR count). The quantitative estimate of drug-likeness (QED) is 0.667. The number of hydrogen-bond acceptors (Lipinski definition) is 3. The van der Waals surface area contributed by atoms with E-state index < -0.39 is 0 Å². The van der Waals surface area contributed by atoms with E-state index in [1.165, 1.54) is 12.5 Å². The van der Waals surface area contributed by atoms with Crippen LogP contribution in [0, 0.1) is 19.7 Å². The maximum absolute atomic E-state index is 14.3. The van der Waals surface area contributed by atoms with Gasteiger partial charge >= 0.3 is 0 Å². The van der Waals surface area contributed by atoms with E-state index in [0.29, 0.717) is 28.2 Å². The summed E-state index contributed by atoms with van der Waals surface area (Å²) in [6, 6.07) is 4.89. The summed E-state index contributed by atoms with van der Waals surface area (Å²) in [6.45, 7) is 3.77. The third-order valence-electron chi connectivity index (χ3n) is 5.81. The zero-order chi connectivity index (χ0) is 20.5. The summed E-state index contributed by atoms with van der Waals surface area (Å²) in [5, 5.41) is 7.90. The molecule has 1 aliphatic rings. The molecule has 0 saturated heterocycles. The number of nitrogens with zero attached hydrogens (tertiary/aromatic N) is 3. The van der Waals surface area contributed by atoms with Crippen molar-refractivity contribution in [3.05, 3.63) is 63.3 Å². The number of carbonyl (C=O) groups excluding carboxylic acids is 1. The van der Waals surface area contributed by atoms with Crippen molar-refractivity contribution in [1.29, 1.82) is 0 Å². The van der Waals surface area contributed by atoms with Crippen LogP contribution in [0.3, 0.4) is 0 Å². The first-order valence-electron chi connectivity index (χ1n) is 10.0. The maximum atomic E-state index is 14.3. The lowest BCUT2D eigenvalue weighted by Gasteiger charge is -2.22. The van der Waals surface area contributed by atoms with Crippen molar-refractivity contribution in [2.24, 2.45) is 0 Å². The van der Waals surface area contributed by atoms with E-state index in [4.69, 9.17) is 11.6 Å². The van der Waals surface area contributed by atoms with E-state index in [9.17, 15) is 9.18 Å². The zero-order valence-corrected chi connectivity index (χ0v) is 17.4. The average molecular weight is 415 g/mol. The van der Waals surface area contributed by atoms with Crippen LogP contribution >= 0.6 is 11.6 Å². The molecular formula is C22H24ClFN4O. The van der Waals surface area contributed by atoms with Gasteiger partial charge in [0, 0.05) is 34.4 Å². The van der Waals surface area contributed by atoms with Gasteiger partial charge in [-0.2, -0.15) is 5.10 Å². The van der Waals surface area contributed by atoms with Crippen LogP contribution in [0.5, 0.6) is 0 Å². The molecule has 152 valence electrons. The summed E-state index contributed by atoms with van der Waals surface area (Å²) >= 11 is 6.20. The second-order valence-corrected chi connectivity index (χ2v) is 8.15. The fraction of sp³-hybridized carbons (Fsp3) is 0.409. The monoisotopic (exact) mass is 414 g/mol. The molecule has 2 heterocycles. The number of aryl methyl sites for hydroxylation is 2. The van der Waals surface area contributed by atoms with Crippen LogP contribution < -0.4 is 5.32 Å². The van der Waals surface area contributed by atoms with Crippen LogP contribution in [0.25, 0.3) is 5.65 Å². The topological polar surface area (TPSA) is 59.3 Å². The molecule has 1 saturated carbocycles. The van der Waals surface area contributed by atoms with Crippen LogP contribution in [-0.4, -0.2) is 26.5 Å². The fourth-order valence-corrected chi connectivity index (χ4v) is 4.34. The number of aromatic nitrogens is 3. The largest absolute Gasteiger partial charge is 0.349 e. The number of benzene rings is 1. The van der Waals surface area contributed by atoms with Gasteiger partial charge < -0.3 is 5.32 Å². The first-order chi connectivity index (χ1) is 14.0. The van der Waals surface area contributed by atoms with Crippen LogP contribution in [-0.2, 0) is 6.42 Å². The van der Waals surface area contributed by atoms with Crippen LogP contribution in [0.4, 0.5) is 4.39 Å². The Balaban J connectivity index is 1.67. The van der Waals surface area contributed by atoms with Gasteiger partial charge in [0.05, 0.1) is 6.20 Å². The normalized spacial score (nSPS) is 15.0. The minimum Gasteiger partial charge on any atom is -0.349 e. The Morgan fingerprint density at radius 2 is 2.00 bits per heavy atom. The lowest BCUT2D eigenvalue weighted by atomic mass is 9.95. The maximum Gasteiger partial charge on any atom is 0.256 e. The van der Waals surface area contributed by atoms with Crippen LogP contribution in [0.15, 0.2) is 24.4 Å². The SMILES string of the molecule is Cc1nc2c(C(=O)NC3CCCCC3)cnn2c(C)c1Cc1c(F)cccc1Cl. The van der Waals surface area contributed by atoms with E-state index in [0.717, 1.165) is 42.6 Å². The Morgan fingerprint density at radius 3 is 2.72 bits per heavy atom. The fourth-order valence-electron chi connectivity index (χ4n) is 4.12. The number of amides is 1. The molecule has 1 aliphatic carbocycles. The molecule has 0 radical (unpaired) electrons. The number of carbonyl (C=O) groups is 1. The molecule has 0 atom stereocenters. The number of rotatable bonds is 4. The van der Waals surface area contributed by atoms with Gasteiger partial charge in [-0.05, 0) is 44.4 Å². The Kier molecular flexibility index (Phi) is 5.54. The number of halogens is 2. The van der Waals surface area contributed by atoms with E-state index in [1.54, 1.807) is 22.8 Å². The first-order valence-corrected chi connectivity index (χ1v) is 10.4. The highest BCUT2D eigenvalue weighted by Crippen LogP contribution is 2.26. The van der Waals surface area contributed by atoms with Crippen molar-refractivity contribution in [3.63, 3.8) is 0 Å². The van der Waals surface area contributed by atoms with Gasteiger partial charge in [0.1, 0.15) is 11.4 Å². The Morgan fingerprint density at radius 1 is 1.24 bits per heavy atom. The minimum atomic E-state index is -0.343. The number of hydrogen-bond donors (Lipinski definition) is 1.